The first-order chi connectivity index (χ1) is 6.38. The Morgan fingerprint density at radius 1 is 0.846 bits per heavy atom. The molecular formula is C12H21N. The molecule has 3 fully saturated rings. The molecule has 1 spiro atoms. The van der Waals surface area contributed by atoms with E-state index in [9.17, 15) is 0 Å². The molecule has 0 amide bonds. The second-order valence-corrected chi connectivity index (χ2v) is 5.67. The predicted octanol–water partition coefficient (Wildman–Crippen LogP) is 2.57. The summed E-state index contributed by atoms with van der Waals surface area (Å²) in [6, 6.07) is 0. The average Bonchev–Trinajstić information content (AvgIpc) is 2.01. The van der Waals surface area contributed by atoms with Crippen molar-refractivity contribution in [1.82, 2.24) is 5.32 Å². The summed E-state index contributed by atoms with van der Waals surface area (Å²) in [6.45, 7) is 2.66. The lowest BCUT2D eigenvalue weighted by atomic mass is 9.54. The Bertz CT molecular complexity index is 181. The van der Waals surface area contributed by atoms with Crippen LogP contribution in [-0.4, -0.2) is 13.1 Å². The van der Waals surface area contributed by atoms with E-state index < -0.39 is 0 Å². The summed E-state index contributed by atoms with van der Waals surface area (Å²) in [6.07, 6.45) is 10.8. The Kier molecular flexibility index (Phi) is 1.90. The second kappa shape index (κ2) is 2.98. The molecule has 74 valence electrons. The van der Waals surface area contributed by atoms with Crippen LogP contribution in [0.5, 0.6) is 0 Å². The quantitative estimate of drug-likeness (QED) is 0.652. The van der Waals surface area contributed by atoms with Crippen molar-refractivity contribution >= 4 is 0 Å². The smallest absolute Gasteiger partial charge is 0.00204 e. The van der Waals surface area contributed by atoms with Crippen molar-refractivity contribution in [2.24, 2.45) is 17.3 Å². The summed E-state index contributed by atoms with van der Waals surface area (Å²) in [7, 11) is 0. The molecule has 0 aromatic rings. The lowest BCUT2D eigenvalue weighted by molar-refractivity contribution is -0.0358. The first kappa shape index (κ1) is 8.28. The maximum atomic E-state index is 3.43. The fourth-order valence-electron chi connectivity index (χ4n) is 3.76. The van der Waals surface area contributed by atoms with Crippen molar-refractivity contribution in [2.45, 2.75) is 44.9 Å². The van der Waals surface area contributed by atoms with Gasteiger partial charge in [-0.05, 0) is 30.1 Å². The van der Waals surface area contributed by atoms with Crippen LogP contribution in [0, 0.1) is 17.3 Å². The van der Waals surface area contributed by atoms with Gasteiger partial charge in [0.1, 0.15) is 0 Å². The van der Waals surface area contributed by atoms with Gasteiger partial charge in [0.05, 0.1) is 0 Å². The summed E-state index contributed by atoms with van der Waals surface area (Å²) >= 11 is 0. The van der Waals surface area contributed by atoms with Gasteiger partial charge >= 0.3 is 0 Å². The van der Waals surface area contributed by atoms with Crippen LogP contribution in [0.2, 0.25) is 0 Å². The molecule has 1 heterocycles. The summed E-state index contributed by atoms with van der Waals surface area (Å²) in [4.78, 5) is 0. The van der Waals surface area contributed by atoms with E-state index >= 15 is 0 Å². The molecule has 0 aromatic heterocycles. The molecule has 1 heteroatoms. The minimum atomic E-state index is 0.808. The van der Waals surface area contributed by atoms with Gasteiger partial charge < -0.3 is 5.32 Å². The van der Waals surface area contributed by atoms with E-state index in [0.29, 0.717) is 0 Å². The number of nitrogens with one attached hydrogen (secondary N) is 1. The van der Waals surface area contributed by atoms with Crippen LogP contribution < -0.4 is 5.32 Å². The Hall–Kier alpha value is -0.0400. The molecule has 1 nitrogen and oxygen atoms in total. The fourth-order valence-corrected chi connectivity index (χ4v) is 3.76. The van der Waals surface area contributed by atoms with E-state index in [0.717, 1.165) is 17.3 Å². The third-order valence-electron chi connectivity index (χ3n) is 4.71. The van der Waals surface area contributed by atoms with Crippen molar-refractivity contribution < 1.29 is 0 Å². The zero-order valence-corrected chi connectivity index (χ0v) is 8.52. The van der Waals surface area contributed by atoms with E-state index in [2.05, 4.69) is 5.32 Å². The number of rotatable bonds is 1. The molecule has 1 N–H and O–H groups in total. The van der Waals surface area contributed by atoms with Gasteiger partial charge in [-0.3, -0.25) is 0 Å². The highest BCUT2D eigenvalue weighted by Gasteiger charge is 2.50. The molecule has 1 aliphatic heterocycles. The van der Waals surface area contributed by atoms with Gasteiger partial charge in [0.15, 0.2) is 0 Å². The van der Waals surface area contributed by atoms with Crippen LogP contribution in [0.3, 0.4) is 0 Å². The first-order valence-corrected chi connectivity index (χ1v) is 6.09. The van der Waals surface area contributed by atoms with Gasteiger partial charge in [0, 0.05) is 13.1 Å². The molecule has 3 aliphatic rings. The Balaban J connectivity index is 1.51. The molecule has 0 aromatic carbocycles. The highest BCUT2D eigenvalue weighted by molar-refractivity contribution is 5.04. The highest BCUT2D eigenvalue weighted by atomic mass is 15.0. The zero-order chi connectivity index (χ0) is 8.73. The number of hydrogen-bond donors (Lipinski definition) is 1. The van der Waals surface area contributed by atoms with Crippen molar-refractivity contribution in [3.8, 4) is 0 Å². The molecule has 13 heavy (non-hydrogen) atoms. The minimum absolute atomic E-state index is 0.808. The average molecular weight is 179 g/mol. The molecule has 0 atom stereocenters. The van der Waals surface area contributed by atoms with Gasteiger partial charge in [-0.2, -0.15) is 0 Å². The van der Waals surface area contributed by atoms with E-state index in [1.54, 1.807) is 25.7 Å². The molecule has 0 radical (unpaired) electrons. The Morgan fingerprint density at radius 2 is 1.54 bits per heavy atom. The zero-order valence-electron chi connectivity index (χ0n) is 8.52. The van der Waals surface area contributed by atoms with Crippen LogP contribution in [0.15, 0.2) is 0 Å². The van der Waals surface area contributed by atoms with Crippen LogP contribution in [-0.2, 0) is 0 Å². The molecule has 3 rings (SSSR count). The lowest BCUT2D eigenvalue weighted by Crippen LogP contribution is -2.61. The summed E-state index contributed by atoms with van der Waals surface area (Å²) in [5.74, 6) is 2.25. The monoisotopic (exact) mass is 179 g/mol. The maximum Gasteiger partial charge on any atom is 0.00204 e. The molecular weight excluding hydrogens is 158 g/mol. The van der Waals surface area contributed by atoms with Crippen LogP contribution >= 0.6 is 0 Å². The predicted molar refractivity (Wildman–Crippen MR) is 54.6 cm³/mol. The minimum Gasteiger partial charge on any atom is -0.316 e. The SMILES string of the molecule is C1CCC(C2CC3(CNC3)C2)CC1. The van der Waals surface area contributed by atoms with E-state index in [1.165, 1.54) is 32.4 Å². The van der Waals surface area contributed by atoms with E-state index in [1.807, 2.05) is 0 Å². The molecule has 2 saturated carbocycles. The van der Waals surface area contributed by atoms with E-state index in [-0.39, 0.29) is 0 Å². The third kappa shape index (κ3) is 1.32. The summed E-state index contributed by atoms with van der Waals surface area (Å²) in [5, 5.41) is 3.43. The molecule has 1 saturated heterocycles. The largest absolute Gasteiger partial charge is 0.316 e. The second-order valence-electron chi connectivity index (χ2n) is 5.67. The van der Waals surface area contributed by atoms with Gasteiger partial charge in [-0.1, -0.05) is 32.1 Å². The maximum absolute atomic E-state index is 3.43. The highest BCUT2D eigenvalue weighted by Crippen LogP contribution is 2.53. The fraction of sp³-hybridized carbons (Fsp3) is 1.00. The Morgan fingerprint density at radius 3 is 2.08 bits per heavy atom. The van der Waals surface area contributed by atoms with Gasteiger partial charge in [-0.15, -0.1) is 0 Å². The first-order valence-electron chi connectivity index (χ1n) is 6.09. The summed E-state index contributed by atoms with van der Waals surface area (Å²) in [5.41, 5.74) is 0.808. The third-order valence-corrected chi connectivity index (χ3v) is 4.71. The molecule has 0 bridgehead atoms. The standard InChI is InChI=1S/C12H21N/c1-2-4-10(5-3-1)11-6-12(7-11)8-13-9-12/h10-11,13H,1-9H2. The van der Waals surface area contributed by atoms with Crippen molar-refractivity contribution in [2.75, 3.05) is 13.1 Å². The molecule has 0 unspecified atom stereocenters. The van der Waals surface area contributed by atoms with Gasteiger partial charge in [-0.25, -0.2) is 0 Å². The normalized spacial score (nSPS) is 34.2. The molecule has 2 aliphatic carbocycles. The van der Waals surface area contributed by atoms with Crippen molar-refractivity contribution in [3.63, 3.8) is 0 Å². The summed E-state index contributed by atoms with van der Waals surface area (Å²) < 4.78 is 0. The van der Waals surface area contributed by atoms with Crippen molar-refractivity contribution in [1.29, 1.82) is 0 Å². The Labute approximate surface area is 81.3 Å². The van der Waals surface area contributed by atoms with Crippen LogP contribution in [0.1, 0.15) is 44.9 Å². The van der Waals surface area contributed by atoms with Crippen LogP contribution in [0.4, 0.5) is 0 Å². The van der Waals surface area contributed by atoms with Gasteiger partial charge in [0.25, 0.3) is 0 Å². The lowest BCUT2D eigenvalue weighted by Gasteiger charge is -2.57. The van der Waals surface area contributed by atoms with E-state index in [4.69, 9.17) is 0 Å². The van der Waals surface area contributed by atoms with Gasteiger partial charge in [0.2, 0.25) is 0 Å². The van der Waals surface area contributed by atoms with Crippen molar-refractivity contribution in [3.05, 3.63) is 0 Å². The van der Waals surface area contributed by atoms with Crippen LogP contribution in [0.25, 0.3) is 0 Å². The number of hydrogen-bond acceptors (Lipinski definition) is 1. The topological polar surface area (TPSA) is 12.0 Å².